The van der Waals surface area contributed by atoms with Crippen molar-refractivity contribution >= 4 is 23.2 Å². The van der Waals surface area contributed by atoms with Crippen LogP contribution >= 0.6 is 11.6 Å². The highest BCUT2D eigenvalue weighted by Gasteiger charge is 2.35. The molecule has 0 saturated carbocycles. The SMILES string of the molecule is O=C(Nc1ccc(Cl)cc1C(F)(F)F)C1CNCCO1. The lowest BCUT2D eigenvalue weighted by molar-refractivity contribution is -0.137. The maximum absolute atomic E-state index is 12.9. The Morgan fingerprint density at radius 1 is 1.45 bits per heavy atom. The Kier molecular flexibility index (Phi) is 4.52. The summed E-state index contributed by atoms with van der Waals surface area (Å²) in [7, 11) is 0. The fourth-order valence-electron chi connectivity index (χ4n) is 1.81. The molecule has 1 heterocycles. The molecule has 1 aliphatic rings. The predicted molar refractivity (Wildman–Crippen MR) is 67.7 cm³/mol. The van der Waals surface area contributed by atoms with E-state index in [1.54, 1.807) is 0 Å². The minimum atomic E-state index is -4.60. The number of alkyl halides is 3. The van der Waals surface area contributed by atoms with E-state index in [4.69, 9.17) is 16.3 Å². The van der Waals surface area contributed by atoms with Crippen LogP contribution in [0.15, 0.2) is 18.2 Å². The molecule has 20 heavy (non-hydrogen) atoms. The zero-order valence-electron chi connectivity index (χ0n) is 10.3. The van der Waals surface area contributed by atoms with E-state index in [1.807, 2.05) is 0 Å². The fraction of sp³-hybridized carbons (Fsp3) is 0.417. The number of ether oxygens (including phenoxy) is 1. The summed E-state index contributed by atoms with van der Waals surface area (Å²) in [6.45, 7) is 1.21. The van der Waals surface area contributed by atoms with Gasteiger partial charge in [0.05, 0.1) is 17.9 Å². The van der Waals surface area contributed by atoms with E-state index in [0.29, 0.717) is 13.2 Å². The smallest absolute Gasteiger partial charge is 0.366 e. The Hall–Kier alpha value is -1.31. The molecule has 1 saturated heterocycles. The average Bonchev–Trinajstić information content (AvgIpc) is 2.40. The van der Waals surface area contributed by atoms with Crippen LogP contribution in [0.4, 0.5) is 18.9 Å². The second kappa shape index (κ2) is 5.99. The Morgan fingerprint density at radius 3 is 2.80 bits per heavy atom. The summed E-state index contributed by atoms with van der Waals surface area (Å²) >= 11 is 5.56. The first kappa shape index (κ1) is 15.1. The van der Waals surface area contributed by atoms with Gasteiger partial charge < -0.3 is 15.4 Å². The Balaban J connectivity index is 2.18. The van der Waals surface area contributed by atoms with Crippen LogP contribution in [0.1, 0.15) is 5.56 Å². The molecule has 0 bridgehead atoms. The van der Waals surface area contributed by atoms with Crippen molar-refractivity contribution in [2.45, 2.75) is 12.3 Å². The van der Waals surface area contributed by atoms with Crippen molar-refractivity contribution in [2.75, 3.05) is 25.0 Å². The second-order valence-corrected chi connectivity index (χ2v) is 4.68. The first-order valence-corrected chi connectivity index (χ1v) is 6.25. The van der Waals surface area contributed by atoms with Crippen molar-refractivity contribution in [3.63, 3.8) is 0 Å². The standard InChI is InChI=1S/C12H12ClF3N2O2/c13-7-1-2-9(8(5-7)12(14,15)16)18-11(19)10-6-17-3-4-20-10/h1-2,5,10,17H,3-4,6H2,(H,18,19). The van der Waals surface area contributed by atoms with E-state index in [0.717, 1.165) is 12.1 Å². The van der Waals surface area contributed by atoms with Gasteiger partial charge in [0.15, 0.2) is 0 Å². The molecule has 1 aromatic rings. The molecular formula is C12H12ClF3N2O2. The quantitative estimate of drug-likeness (QED) is 0.881. The third kappa shape index (κ3) is 3.62. The molecule has 1 amide bonds. The Morgan fingerprint density at radius 2 is 2.20 bits per heavy atom. The molecule has 4 nitrogen and oxygen atoms in total. The highest BCUT2D eigenvalue weighted by atomic mass is 35.5. The normalized spacial score (nSPS) is 19.7. The number of anilines is 1. The number of morpholine rings is 1. The Bertz CT molecular complexity index is 502. The van der Waals surface area contributed by atoms with Crippen molar-refractivity contribution in [3.05, 3.63) is 28.8 Å². The van der Waals surface area contributed by atoms with Crippen LogP contribution in [0.3, 0.4) is 0 Å². The van der Waals surface area contributed by atoms with Gasteiger partial charge >= 0.3 is 6.18 Å². The van der Waals surface area contributed by atoms with Gasteiger partial charge in [-0.15, -0.1) is 0 Å². The number of hydrogen-bond donors (Lipinski definition) is 2. The van der Waals surface area contributed by atoms with Crippen LogP contribution < -0.4 is 10.6 Å². The van der Waals surface area contributed by atoms with Crippen LogP contribution in [0, 0.1) is 0 Å². The molecule has 1 aromatic carbocycles. The van der Waals surface area contributed by atoms with Gasteiger partial charge in [-0.05, 0) is 18.2 Å². The van der Waals surface area contributed by atoms with Crippen LogP contribution in [0.5, 0.6) is 0 Å². The summed E-state index contributed by atoms with van der Waals surface area (Å²) in [5, 5.41) is 5.11. The number of hydrogen-bond acceptors (Lipinski definition) is 3. The second-order valence-electron chi connectivity index (χ2n) is 4.24. The van der Waals surface area contributed by atoms with Gasteiger partial charge in [-0.25, -0.2) is 0 Å². The number of carbonyl (C=O) groups excluding carboxylic acids is 1. The van der Waals surface area contributed by atoms with Gasteiger partial charge in [-0.1, -0.05) is 11.6 Å². The molecule has 1 fully saturated rings. The molecule has 1 aliphatic heterocycles. The summed E-state index contributed by atoms with van der Waals surface area (Å²) in [6, 6.07) is 3.18. The number of carbonyl (C=O) groups is 1. The van der Waals surface area contributed by atoms with E-state index in [1.165, 1.54) is 6.07 Å². The third-order valence-electron chi connectivity index (χ3n) is 2.76. The maximum atomic E-state index is 12.9. The third-order valence-corrected chi connectivity index (χ3v) is 3.00. The van der Waals surface area contributed by atoms with Crippen LogP contribution in [-0.4, -0.2) is 31.7 Å². The van der Waals surface area contributed by atoms with Crippen molar-refractivity contribution in [2.24, 2.45) is 0 Å². The molecule has 1 unspecified atom stereocenters. The summed E-state index contributed by atoms with van der Waals surface area (Å²) in [5.74, 6) is -0.620. The van der Waals surface area contributed by atoms with Gasteiger partial charge in [0.2, 0.25) is 0 Å². The molecular weight excluding hydrogens is 297 g/mol. The van der Waals surface area contributed by atoms with Gasteiger partial charge in [0.1, 0.15) is 6.10 Å². The molecule has 8 heteroatoms. The summed E-state index contributed by atoms with van der Waals surface area (Å²) in [6.07, 6.45) is -5.40. The molecule has 0 aliphatic carbocycles. The molecule has 2 rings (SSSR count). The van der Waals surface area contributed by atoms with E-state index < -0.39 is 23.8 Å². The average molecular weight is 309 g/mol. The summed E-state index contributed by atoms with van der Waals surface area (Å²) in [5.41, 5.74) is -1.32. The zero-order valence-corrected chi connectivity index (χ0v) is 11.0. The number of benzene rings is 1. The van der Waals surface area contributed by atoms with Crippen molar-refractivity contribution < 1.29 is 22.7 Å². The molecule has 0 spiro atoms. The number of nitrogens with one attached hydrogen (secondary N) is 2. The highest BCUT2D eigenvalue weighted by Crippen LogP contribution is 2.36. The molecule has 0 radical (unpaired) electrons. The first-order chi connectivity index (χ1) is 9.38. The van der Waals surface area contributed by atoms with Crippen LogP contribution in [0.2, 0.25) is 5.02 Å². The van der Waals surface area contributed by atoms with Gasteiger partial charge in [-0.3, -0.25) is 4.79 Å². The lowest BCUT2D eigenvalue weighted by Crippen LogP contribution is -2.45. The van der Waals surface area contributed by atoms with Gasteiger partial charge in [0, 0.05) is 18.1 Å². The molecule has 1 atom stereocenters. The van der Waals surface area contributed by atoms with Crippen LogP contribution in [-0.2, 0) is 15.7 Å². The Labute approximate surface area is 118 Å². The van der Waals surface area contributed by atoms with Crippen molar-refractivity contribution in [1.29, 1.82) is 0 Å². The summed E-state index contributed by atoms with van der Waals surface area (Å²) < 4.78 is 43.8. The topological polar surface area (TPSA) is 50.4 Å². The van der Waals surface area contributed by atoms with Gasteiger partial charge in [0.25, 0.3) is 5.91 Å². The lowest BCUT2D eigenvalue weighted by atomic mass is 10.1. The van der Waals surface area contributed by atoms with E-state index in [2.05, 4.69) is 10.6 Å². The van der Waals surface area contributed by atoms with Crippen molar-refractivity contribution in [1.82, 2.24) is 5.32 Å². The van der Waals surface area contributed by atoms with E-state index in [-0.39, 0.29) is 17.3 Å². The fourth-order valence-corrected chi connectivity index (χ4v) is 1.98. The predicted octanol–water partition coefficient (Wildman–Crippen LogP) is 2.29. The van der Waals surface area contributed by atoms with Crippen molar-refractivity contribution in [3.8, 4) is 0 Å². The number of amides is 1. The number of rotatable bonds is 2. The first-order valence-electron chi connectivity index (χ1n) is 5.88. The van der Waals surface area contributed by atoms with E-state index >= 15 is 0 Å². The summed E-state index contributed by atoms with van der Waals surface area (Å²) in [4.78, 5) is 11.9. The lowest BCUT2D eigenvalue weighted by Gasteiger charge is -2.23. The minimum absolute atomic E-state index is 0.0501. The maximum Gasteiger partial charge on any atom is 0.418 e. The zero-order chi connectivity index (χ0) is 14.8. The molecule has 2 N–H and O–H groups in total. The highest BCUT2D eigenvalue weighted by molar-refractivity contribution is 6.30. The molecule has 110 valence electrons. The minimum Gasteiger partial charge on any atom is -0.366 e. The van der Waals surface area contributed by atoms with E-state index in [9.17, 15) is 18.0 Å². The molecule has 0 aromatic heterocycles. The monoisotopic (exact) mass is 308 g/mol. The number of halogens is 4. The van der Waals surface area contributed by atoms with Gasteiger partial charge in [-0.2, -0.15) is 13.2 Å². The largest absolute Gasteiger partial charge is 0.418 e. The van der Waals surface area contributed by atoms with Crippen LogP contribution in [0.25, 0.3) is 0 Å².